The number of carbonyl (C=O) groups excluding carboxylic acids is 1. The molecule has 2 aliphatic heterocycles. The number of ether oxygens (including phenoxy) is 2. The second-order valence-corrected chi connectivity index (χ2v) is 7.36. The van der Waals surface area contributed by atoms with Gasteiger partial charge in [0.2, 0.25) is 0 Å². The van der Waals surface area contributed by atoms with Crippen LogP contribution in [0.25, 0.3) is 0 Å². The summed E-state index contributed by atoms with van der Waals surface area (Å²) in [7, 11) is 1.37. The summed E-state index contributed by atoms with van der Waals surface area (Å²) in [6.07, 6.45) is 0.674. The van der Waals surface area contributed by atoms with Crippen molar-refractivity contribution in [2.24, 2.45) is 0 Å². The van der Waals surface area contributed by atoms with Crippen LogP contribution in [0.2, 0.25) is 5.02 Å². The van der Waals surface area contributed by atoms with Crippen LogP contribution in [0.5, 0.6) is 5.75 Å². The number of benzene rings is 2. The number of methoxy groups -OCH3 is 1. The second kappa shape index (κ2) is 6.14. The van der Waals surface area contributed by atoms with Crippen LogP contribution in [-0.2, 0) is 4.74 Å². The first kappa shape index (κ1) is 17.1. The molecule has 134 valence electrons. The van der Waals surface area contributed by atoms with Gasteiger partial charge in [0.1, 0.15) is 5.75 Å². The van der Waals surface area contributed by atoms with E-state index in [1.165, 1.54) is 7.11 Å². The van der Waals surface area contributed by atoms with Crippen molar-refractivity contribution >= 4 is 40.6 Å². The van der Waals surface area contributed by atoms with Crippen molar-refractivity contribution in [1.82, 2.24) is 5.32 Å². The standard InChI is InChI=1S/C19H17ClN2O3S/c1-19-10-15(14-9-11(17(23)24-2)3-8-16(14)25-19)21-18(26)22(19)13-6-4-12(20)5-7-13/h3-9,15H,10H2,1-2H3,(H,21,26)/t15-,19-/m0/s1. The van der Waals surface area contributed by atoms with Crippen molar-refractivity contribution in [3.8, 4) is 5.75 Å². The third kappa shape index (κ3) is 2.70. The molecule has 2 aromatic carbocycles. The first-order valence-corrected chi connectivity index (χ1v) is 8.97. The smallest absolute Gasteiger partial charge is 0.337 e. The van der Waals surface area contributed by atoms with Crippen LogP contribution in [0.15, 0.2) is 42.5 Å². The Kier molecular flexibility index (Phi) is 4.04. The summed E-state index contributed by atoms with van der Waals surface area (Å²) in [4.78, 5) is 13.8. The SMILES string of the molecule is COC(=O)c1ccc2c(c1)[C@@H]1C[C@](C)(O2)N(c2ccc(Cl)cc2)C(=S)N1. The maximum Gasteiger partial charge on any atom is 0.337 e. The minimum absolute atomic E-state index is 0.0376. The minimum Gasteiger partial charge on any atom is -0.467 e. The molecule has 0 amide bonds. The number of fused-ring (bicyclic) bond motifs is 4. The Morgan fingerprint density at radius 2 is 2.08 bits per heavy atom. The number of esters is 1. The fourth-order valence-electron chi connectivity index (χ4n) is 3.60. The number of halogens is 1. The van der Waals surface area contributed by atoms with Crippen LogP contribution in [0.1, 0.15) is 35.3 Å². The first-order valence-electron chi connectivity index (χ1n) is 8.19. The van der Waals surface area contributed by atoms with E-state index in [1.807, 2.05) is 42.2 Å². The van der Waals surface area contributed by atoms with E-state index in [-0.39, 0.29) is 12.0 Å². The summed E-state index contributed by atoms with van der Waals surface area (Å²) in [6.45, 7) is 2.01. The number of thiocarbonyl (C=S) groups is 1. The lowest BCUT2D eigenvalue weighted by Gasteiger charge is -2.52. The number of hydrogen-bond donors (Lipinski definition) is 1. The molecule has 0 aliphatic carbocycles. The highest BCUT2D eigenvalue weighted by atomic mass is 35.5. The Labute approximate surface area is 161 Å². The summed E-state index contributed by atoms with van der Waals surface area (Å²) in [6, 6.07) is 12.8. The van der Waals surface area contributed by atoms with E-state index in [0.29, 0.717) is 22.1 Å². The summed E-state index contributed by atoms with van der Waals surface area (Å²) < 4.78 is 11.2. The van der Waals surface area contributed by atoms with Crippen LogP contribution >= 0.6 is 23.8 Å². The molecule has 0 radical (unpaired) electrons. The van der Waals surface area contributed by atoms with Gasteiger partial charge < -0.3 is 14.8 Å². The summed E-state index contributed by atoms with van der Waals surface area (Å²) in [5.41, 5.74) is 1.66. The van der Waals surface area contributed by atoms with Crippen molar-refractivity contribution in [2.75, 3.05) is 12.0 Å². The zero-order valence-corrected chi connectivity index (χ0v) is 15.9. The molecule has 26 heavy (non-hydrogen) atoms. The van der Waals surface area contributed by atoms with E-state index >= 15 is 0 Å². The molecule has 2 atom stereocenters. The van der Waals surface area contributed by atoms with Gasteiger partial charge in [-0.3, -0.25) is 4.90 Å². The quantitative estimate of drug-likeness (QED) is 0.618. The normalized spacial score (nSPS) is 23.6. The van der Waals surface area contributed by atoms with Gasteiger partial charge in [-0.05, 0) is 61.6 Å². The van der Waals surface area contributed by atoms with Crippen molar-refractivity contribution in [1.29, 1.82) is 0 Å². The molecule has 0 aromatic heterocycles. The highest BCUT2D eigenvalue weighted by Crippen LogP contribution is 2.45. The maximum absolute atomic E-state index is 11.8. The average Bonchev–Trinajstić information content (AvgIpc) is 2.61. The molecule has 2 aromatic rings. The van der Waals surface area contributed by atoms with E-state index < -0.39 is 5.72 Å². The number of hydrogen-bond acceptors (Lipinski definition) is 4. The molecule has 0 spiro atoms. The van der Waals surface area contributed by atoms with Gasteiger partial charge in [0.05, 0.1) is 18.7 Å². The summed E-state index contributed by atoms with van der Waals surface area (Å²) in [5, 5.41) is 4.60. The fraction of sp³-hybridized carbons (Fsp3) is 0.263. The topological polar surface area (TPSA) is 50.8 Å². The third-order valence-electron chi connectivity index (χ3n) is 4.78. The molecule has 0 saturated carbocycles. The molecular weight excluding hydrogens is 372 g/mol. The minimum atomic E-state index is -0.638. The number of rotatable bonds is 2. The third-order valence-corrected chi connectivity index (χ3v) is 5.33. The van der Waals surface area contributed by atoms with E-state index in [2.05, 4.69) is 5.32 Å². The van der Waals surface area contributed by atoms with Crippen molar-refractivity contribution in [2.45, 2.75) is 25.1 Å². The Bertz CT molecular complexity index is 902. The van der Waals surface area contributed by atoms with E-state index in [4.69, 9.17) is 33.3 Å². The van der Waals surface area contributed by atoms with E-state index in [0.717, 1.165) is 17.0 Å². The largest absolute Gasteiger partial charge is 0.467 e. The van der Waals surface area contributed by atoms with Gasteiger partial charge >= 0.3 is 5.97 Å². The molecule has 4 rings (SSSR count). The molecule has 5 nitrogen and oxygen atoms in total. The van der Waals surface area contributed by atoms with Crippen LogP contribution in [-0.4, -0.2) is 23.9 Å². The van der Waals surface area contributed by atoms with E-state index in [9.17, 15) is 4.79 Å². The van der Waals surface area contributed by atoms with Crippen molar-refractivity contribution < 1.29 is 14.3 Å². The molecule has 1 saturated heterocycles. The Hall–Kier alpha value is -2.31. The van der Waals surface area contributed by atoms with Gasteiger partial charge in [-0.25, -0.2) is 4.79 Å². The Morgan fingerprint density at radius 1 is 1.35 bits per heavy atom. The highest BCUT2D eigenvalue weighted by Gasteiger charge is 2.48. The van der Waals surface area contributed by atoms with E-state index in [1.54, 1.807) is 12.1 Å². The molecule has 2 heterocycles. The van der Waals surface area contributed by atoms with Gasteiger partial charge in [-0.1, -0.05) is 11.6 Å². The molecule has 0 unspecified atom stereocenters. The Balaban J connectivity index is 1.75. The van der Waals surface area contributed by atoms with Crippen LogP contribution in [0.4, 0.5) is 5.69 Å². The molecule has 2 aliphatic rings. The summed E-state index contributed by atoms with van der Waals surface area (Å²) >= 11 is 11.6. The lowest BCUT2D eigenvalue weighted by Crippen LogP contribution is -2.65. The number of anilines is 1. The number of nitrogens with one attached hydrogen (secondary N) is 1. The van der Waals surface area contributed by atoms with Crippen molar-refractivity contribution in [3.05, 3.63) is 58.6 Å². The fourth-order valence-corrected chi connectivity index (χ4v) is 4.17. The summed E-state index contributed by atoms with van der Waals surface area (Å²) in [5.74, 6) is 0.354. The predicted molar refractivity (Wildman–Crippen MR) is 104 cm³/mol. The zero-order valence-electron chi connectivity index (χ0n) is 14.3. The van der Waals surface area contributed by atoms with Crippen LogP contribution < -0.4 is 15.0 Å². The highest BCUT2D eigenvalue weighted by molar-refractivity contribution is 7.80. The zero-order chi connectivity index (χ0) is 18.5. The average molecular weight is 389 g/mol. The lowest BCUT2D eigenvalue weighted by atomic mass is 9.89. The predicted octanol–water partition coefficient (Wildman–Crippen LogP) is 4.06. The second-order valence-electron chi connectivity index (χ2n) is 6.54. The first-order chi connectivity index (χ1) is 12.4. The molecule has 1 N–H and O–H groups in total. The monoisotopic (exact) mass is 388 g/mol. The van der Waals surface area contributed by atoms with Gasteiger partial charge in [-0.2, -0.15) is 0 Å². The molecule has 2 bridgehead atoms. The lowest BCUT2D eigenvalue weighted by molar-refractivity contribution is 0.0494. The van der Waals surface area contributed by atoms with Crippen LogP contribution in [0, 0.1) is 0 Å². The van der Waals surface area contributed by atoms with Gasteiger partial charge in [-0.15, -0.1) is 0 Å². The van der Waals surface area contributed by atoms with Gasteiger partial charge in [0.25, 0.3) is 0 Å². The van der Waals surface area contributed by atoms with Crippen molar-refractivity contribution in [3.63, 3.8) is 0 Å². The maximum atomic E-state index is 11.8. The van der Waals surface area contributed by atoms with Gasteiger partial charge in [0, 0.05) is 22.7 Å². The van der Waals surface area contributed by atoms with Gasteiger partial charge in [0.15, 0.2) is 10.8 Å². The van der Waals surface area contributed by atoms with Crippen LogP contribution in [0.3, 0.4) is 0 Å². The number of carbonyl (C=O) groups is 1. The number of nitrogens with zero attached hydrogens (tertiary/aromatic N) is 1. The Morgan fingerprint density at radius 3 is 2.77 bits per heavy atom. The molecular formula is C19H17ClN2O3S. The molecule has 7 heteroatoms. The molecule has 1 fully saturated rings.